The average Bonchev–Trinajstić information content (AvgIpc) is 3.42. The van der Waals surface area contributed by atoms with Crippen LogP contribution in [-0.2, 0) is 11.3 Å². The molecule has 0 radical (unpaired) electrons. The summed E-state index contributed by atoms with van der Waals surface area (Å²) in [7, 11) is 0. The van der Waals surface area contributed by atoms with Crippen LogP contribution in [0.3, 0.4) is 0 Å². The Bertz CT molecular complexity index is 1510. The monoisotopic (exact) mass is 569 g/mol. The molecule has 3 fully saturated rings. The van der Waals surface area contributed by atoms with E-state index in [9.17, 15) is 9.90 Å². The molecule has 2 aromatic heterocycles. The van der Waals surface area contributed by atoms with Crippen LogP contribution in [0.15, 0.2) is 40.9 Å². The minimum atomic E-state index is -0.919. The SMILES string of the molecule is O=C(O)c1ccc2nc(N3C4CC[C@H]3CC(OCc3c(-c5c(Cl)cccc5Cl)noc3C3CC3)C4)sc2c1. The number of hydrogen-bond donors (Lipinski definition) is 1. The number of piperidine rings is 1. The second-order valence-electron chi connectivity index (χ2n) is 10.4. The molecule has 1 saturated carbocycles. The summed E-state index contributed by atoms with van der Waals surface area (Å²) in [5, 5.41) is 15.8. The van der Waals surface area contributed by atoms with Gasteiger partial charge in [-0.15, -0.1) is 0 Å². The van der Waals surface area contributed by atoms with Gasteiger partial charge in [-0.05, 0) is 68.9 Å². The summed E-state index contributed by atoms with van der Waals surface area (Å²) in [4.78, 5) is 18.7. The Morgan fingerprint density at radius 1 is 1.11 bits per heavy atom. The molecule has 196 valence electrons. The number of aromatic nitrogens is 2. The summed E-state index contributed by atoms with van der Waals surface area (Å²) >= 11 is 14.6. The van der Waals surface area contributed by atoms with Crippen molar-refractivity contribution >= 4 is 55.9 Å². The van der Waals surface area contributed by atoms with Crippen molar-refractivity contribution in [3.63, 3.8) is 0 Å². The Balaban J connectivity index is 1.10. The van der Waals surface area contributed by atoms with Gasteiger partial charge in [-0.3, -0.25) is 0 Å². The van der Waals surface area contributed by atoms with E-state index in [-0.39, 0.29) is 6.10 Å². The third-order valence-corrected chi connectivity index (χ3v) is 9.63. The van der Waals surface area contributed by atoms with Crippen LogP contribution in [0.4, 0.5) is 5.13 Å². The molecule has 2 bridgehead atoms. The summed E-state index contributed by atoms with van der Waals surface area (Å²) in [6.45, 7) is 0.412. The van der Waals surface area contributed by atoms with E-state index < -0.39 is 5.97 Å². The van der Waals surface area contributed by atoms with Gasteiger partial charge in [0, 0.05) is 29.1 Å². The number of nitrogens with zero attached hydrogens (tertiary/aromatic N) is 3. The number of carbonyl (C=O) groups is 1. The van der Waals surface area contributed by atoms with Crippen LogP contribution in [0.1, 0.15) is 66.1 Å². The minimum absolute atomic E-state index is 0.119. The highest BCUT2D eigenvalue weighted by Crippen LogP contribution is 2.47. The van der Waals surface area contributed by atoms with Crippen LogP contribution in [0, 0.1) is 0 Å². The second kappa shape index (κ2) is 9.52. The molecule has 1 aliphatic carbocycles. The molecule has 2 aromatic carbocycles. The van der Waals surface area contributed by atoms with Gasteiger partial charge in [0.1, 0.15) is 11.5 Å². The number of fused-ring (bicyclic) bond motifs is 3. The molecule has 2 unspecified atom stereocenters. The third-order valence-electron chi connectivity index (χ3n) is 7.96. The van der Waals surface area contributed by atoms with Gasteiger partial charge in [-0.2, -0.15) is 0 Å². The van der Waals surface area contributed by atoms with E-state index in [1.165, 1.54) is 0 Å². The number of aromatic carboxylic acids is 1. The lowest BCUT2D eigenvalue weighted by Crippen LogP contribution is -2.45. The molecule has 7 nitrogen and oxygen atoms in total. The molecule has 10 heteroatoms. The molecule has 3 aliphatic rings. The number of halogens is 2. The highest BCUT2D eigenvalue weighted by Gasteiger charge is 2.43. The standard InChI is InChI=1S/C28H25Cl2N3O4S/c29-20-2-1-3-21(30)24(20)25-19(26(37-32-25)14-4-5-14)13-36-18-11-16-7-8-17(12-18)33(16)28-31-22-9-6-15(27(34)35)10-23(22)38-28/h1-3,6,9-10,14,16-18H,4-5,7-8,11-13H2,(H,34,35)/t16-,17?,18?/m0/s1. The molecule has 38 heavy (non-hydrogen) atoms. The van der Waals surface area contributed by atoms with Gasteiger partial charge in [0.25, 0.3) is 0 Å². The van der Waals surface area contributed by atoms with E-state index in [1.807, 2.05) is 18.2 Å². The van der Waals surface area contributed by atoms with Gasteiger partial charge in [0.05, 0.1) is 38.5 Å². The number of hydrogen-bond acceptors (Lipinski definition) is 7. The number of thiazole rings is 1. The predicted octanol–water partition coefficient (Wildman–Crippen LogP) is 7.55. The van der Waals surface area contributed by atoms with Crippen LogP contribution in [0.5, 0.6) is 0 Å². The number of carboxylic acid groups (broad SMARTS) is 1. The largest absolute Gasteiger partial charge is 0.478 e. The van der Waals surface area contributed by atoms with Gasteiger partial charge in [0.2, 0.25) is 0 Å². The van der Waals surface area contributed by atoms with E-state index in [0.717, 1.165) is 65.2 Å². The quantitative estimate of drug-likeness (QED) is 0.245. The zero-order valence-electron chi connectivity index (χ0n) is 20.4. The Morgan fingerprint density at radius 3 is 2.53 bits per heavy atom. The van der Waals surface area contributed by atoms with E-state index in [1.54, 1.807) is 29.5 Å². The van der Waals surface area contributed by atoms with Crippen LogP contribution < -0.4 is 4.90 Å². The van der Waals surface area contributed by atoms with Crippen LogP contribution in [0.2, 0.25) is 10.0 Å². The molecule has 2 saturated heterocycles. The maximum Gasteiger partial charge on any atom is 0.335 e. The normalized spacial score (nSPS) is 22.9. The van der Waals surface area contributed by atoms with Crippen molar-refractivity contribution in [2.24, 2.45) is 0 Å². The van der Waals surface area contributed by atoms with E-state index in [0.29, 0.717) is 51.5 Å². The summed E-state index contributed by atoms with van der Waals surface area (Å²) in [6.07, 6.45) is 6.34. The number of anilines is 1. The first kappa shape index (κ1) is 24.4. The molecule has 4 heterocycles. The summed E-state index contributed by atoms with van der Waals surface area (Å²) in [5.41, 5.74) is 3.47. The highest BCUT2D eigenvalue weighted by atomic mass is 35.5. The van der Waals surface area contributed by atoms with Gasteiger partial charge >= 0.3 is 5.97 Å². The third kappa shape index (κ3) is 4.28. The molecular formula is C28H25Cl2N3O4S. The van der Waals surface area contributed by atoms with Crippen LogP contribution >= 0.6 is 34.5 Å². The minimum Gasteiger partial charge on any atom is -0.478 e. The highest BCUT2D eigenvalue weighted by molar-refractivity contribution is 7.22. The van der Waals surface area contributed by atoms with Crippen molar-refractivity contribution in [3.8, 4) is 11.3 Å². The van der Waals surface area contributed by atoms with E-state index in [4.69, 9.17) is 37.4 Å². The van der Waals surface area contributed by atoms with Crippen molar-refractivity contribution < 1.29 is 19.2 Å². The maximum absolute atomic E-state index is 11.4. The van der Waals surface area contributed by atoms with Crippen LogP contribution in [-0.4, -0.2) is 39.4 Å². The smallest absolute Gasteiger partial charge is 0.335 e. The Morgan fingerprint density at radius 2 is 1.84 bits per heavy atom. The summed E-state index contributed by atoms with van der Waals surface area (Å²) in [6, 6.07) is 11.3. The summed E-state index contributed by atoms with van der Waals surface area (Å²) in [5.74, 6) is 0.360. The Kier molecular flexibility index (Phi) is 6.11. The fourth-order valence-corrected chi connectivity index (χ4v) is 7.71. The topological polar surface area (TPSA) is 88.7 Å². The van der Waals surface area contributed by atoms with Gasteiger partial charge in [-0.25, -0.2) is 9.78 Å². The lowest BCUT2D eigenvalue weighted by Gasteiger charge is -2.38. The first-order chi connectivity index (χ1) is 18.5. The van der Waals surface area contributed by atoms with Crippen molar-refractivity contribution in [2.75, 3.05) is 4.90 Å². The predicted molar refractivity (Wildman–Crippen MR) is 148 cm³/mol. The first-order valence-electron chi connectivity index (χ1n) is 12.9. The lowest BCUT2D eigenvalue weighted by molar-refractivity contribution is 0.0147. The molecule has 4 aromatic rings. The molecule has 1 N–H and O–H groups in total. The van der Waals surface area contributed by atoms with E-state index in [2.05, 4.69) is 10.1 Å². The molecule has 3 atom stereocenters. The molecule has 2 aliphatic heterocycles. The van der Waals surface area contributed by atoms with Crippen molar-refractivity contribution in [2.45, 2.75) is 69.2 Å². The summed E-state index contributed by atoms with van der Waals surface area (Å²) < 4.78 is 13.3. The number of carboxylic acids is 1. The zero-order valence-corrected chi connectivity index (χ0v) is 22.7. The Labute approximate surface area is 233 Å². The lowest BCUT2D eigenvalue weighted by atomic mass is 10.00. The van der Waals surface area contributed by atoms with Crippen molar-refractivity contribution in [3.05, 3.63) is 63.3 Å². The molecular weight excluding hydrogens is 545 g/mol. The van der Waals surface area contributed by atoms with Crippen LogP contribution in [0.25, 0.3) is 21.5 Å². The number of ether oxygens (including phenoxy) is 1. The number of rotatable bonds is 7. The molecule has 0 spiro atoms. The molecule has 0 amide bonds. The maximum atomic E-state index is 11.4. The average molecular weight is 570 g/mol. The zero-order chi connectivity index (χ0) is 26.0. The first-order valence-corrected chi connectivity index (χ1v) is 14.5. The van der Waals surface area contributed by atoms with Crippen molar-refractivity contribution in [1.29, 1.82) is 0 Å². The van der Waals surface area contributed by atoms with E-state index >= 15 is 0 Å². The second-order valence-corrected chi connectivity index (χ2v) is 12.2. The van der Waals surface area contributed by atoms with Gasteiger partial charge in [0.15, 0.2) is 5.13 Å². The van der Waals surface area contributed by atoms with Gasteiger partial charge < -0.3 is 19.3 Å². The Hall–Kier alpha value is -2.65. The van der Waals surface area contributed by atoms with Gasteiger partial charge in [-0.1, -0.05) is 45.8 Å². The number of benzene rings is 2. The fraction of sp³-hybridized carbons (Fsp3) is 0.393. The van der Waals surface area contributed by atoms with Crippen molar-refractivity contribution in [1.82, 2.24) is 10.1 Å². The molecule has 7 rings (SSSR count). The fourth-order valence-electron chi connectivity index (χ4n) is 5.98.